The molecule has 2 rings (SSSR count). The van der Waals surface area contributed by atoms with E-state index in [2.05, 4.69) is 20.2 Å². The summed E-state index contributed by atoms with van der Waals surface area (Å²) in [5.41, 5.74) is 2.28. The molecule has 0 saturated carbocycles. The van der Waals surface area contributed by atoms with Crippen molar-refractivity contribution in [3.8, 4) is 0 Å². The van der Waals surface area contributed by atoms with Crippen LogP contribution >= 0.6 is 0 Å². The van der Waals surface area contributed by atoms with Gasteiger partial charge in [0.1, 0.15) is 5.60 Å². The summed E-state index contributed by atoms with van der Waals surface area (Å²) in [6, 6.07) is 10.8. The molecule has 0 spiro atoms. The van der Waals surface area contributed by atoms with Crippen molar-refractivity contribution < 1.29 is 13.2 Å². The Bertz CT molecular complexity index is 695. The van der Waals surface area contributed by atoms with E-state index >= 15 is 0 Å². The molecule has 22 heavy (non-hydrogen) atoms. The summed E-state index contributed by atoms with van der Waals surface area (Å²) in [6.45, 7) is 1.72. The maximum absolute atomic E-state index is 12.2. The summed E-state index contributed by atoms with van der Waals surface area (Å²) in [5.74, 6) is -0.0784. The number of benzene rings is 1. The van der Waals surface area contributed by atoms with Crippen LogP contribution in [-0.2, 0) is 20.4 Å². The van der Waals surface area contributed by atoms with Gasteiger partial charge in [0.2, 0.25) is 16.0 Å². The van der Waals surface area contributed by atoms with Crippen LogP contribution in [-0.4, -0.2) is 31.2 Å². The summed E-state index contributed by atoms with van der Waals surface area (Å²) in [7, 11) is -2.18. The lowest BCUT2D eigenvalue weighted by atomic mass is 9.98. The number of anilines is 1. The Kier molecular flexibility index (Phi) is 5.07. The Morgan fingerprint density at radius 1 is 1.14 bits per heavy atom. The molecular formula is C14H18N4O3S. The molecule has 1 heterocycles. The molecule has 118 valence electrons. The van der Waals surface area contributed by atoms with E-state index in [0.29, 0.717) is 0 Å². The normalized spacial score (nSPS) is 14.3. The summed E-state index contributed by atoms with van der Waals surface area (Å²) >= 11 is 0. The van der Waals surface area contributed by atoms with E-state index in [1.165, 1.54) is 19.5 Å². The van der Waals surface area contributed by atoms with Gasteiger partial charge in [0.05, 0.1) is 5.75 Å². The molecule has 1 atom stereocenters. The Balaban J connectivity index is 2.09. The molecule has 0 aliphatic heterocycles. The highest BCUT2D eigenvalue weighted by Crippen LogP contribution is 2.25. The fourth-order valence-electron chi connectivity index (χ4n) is 1.94. The molecule has 2 N–H and O–H groups in total. The fraction of sp³-hybridized carbons (Fsp3) is 0.286. The molecule has 0 aliphatic rings. The summed E-state index contributed by atoms with van der Waals surface area (Å²) in [5, 5.41) is 0. The Labute approximate surface area is 129 Å². The summed E-state index contributed by atoms with van der Waals surface area (Å²) in [6.07, 6.45) is 3.01. The third kappa shape index (κ3) is 4.23. The number of hydrogen-bond acceptors (Lipinski definition) is 6. The molecular weight excluding hydrogens is 304 g/mol. The molecule has 1 unspecified atom stereocenters. The van der Waals surface area contributed by atoms with Crippen molar-refractivity contribution in [1.29, 1.82) is 0 Å². The van der Waals surface area contributed by atoms with Crippen molar-refractivity contribution in [2.75, 3.05) is 18.3 Å². The number of hydrogen-bond donors (Lipinski definition) is 2. The van der Waals surface area contributed by atoms with Gasteiger partial charge in [-0.1, -0.05) is 30.3 Å². The van der Waals surface area contributed by atoms with Crippen LogP contribution in [0.3, 0.4) is 0 Å². The highest BCUT2D eigenvalue weighted by molar-refractivity contribution is 7.89. The van der Waals surface area contributed by atoms with Crippen molar-refractivity contribution >= 4 is 16.0 Å². The molecule has 7 nitrogen and oxygen atoms in total. The molecule has 1 aromatic heterocycles. The van der Waals surface area contributed by atoms with Crippen molar-refractivity contribution in [3.63, 3.8) is 0 Å². The summed E-state index contributed by atoms with van der Waals surface area (Å²) < 4.78 is 29.9. The molecule has 2 aromatic rings. The Hall–Kier alpha value is -2.03. The zero-order chi connectivity index (χ0) is 16.1. The molecule has 0 aliphatic carbocycles. The quantitative estimate of drug-likeness (QED) is 0.746. The number of hydrazine groups is 1. The number of rotatable bonds is 7. The SMILES string of the molecule is COC(C)(CS(=O)(=O)NNc1ncccn1)c1ccccc1. The Morgan fingerprint density at radius 2 is 1.77 bits per heavy atom. The largest absolute Gasteiger partial charge is 0.373 e. The van der Waals surface area contributed by atoms with E-state index in [-0.39, 0.29) is 11.7 Å². The van der Waals surface area contributed by atoms with Crippen LogP contribution in [0.5, 0.6) is 0 Å². The number of nitrogens with one attached hydrogen (secondary N) is 2. The summed E-state index contributed by atoms with van der Waals surface area (Å²) in [4.78, 5) is 10.0. The lowest BCUT2D eigenvalue weighted by molar-refractivity contribution is 0.0221. The highest BCUT2D eigenvalue weighted by Gasteiger charge is 2.32. The van der Waals surface area contributed by atoms with Gasteiger partial charge in [-0.2, -0.15) is 0 Å². The number of methoxy groups -OCH3 is 1. The van der Waals surface area contributed by atoms with Gasteiger partial charge in [0.15, 0.2) is 0 Å². The van der Waals surface area contributed by atoms with Gasteiger partial charge in [-0.15, -0.1) is 4.83 Å². The van der Waals surface area contributed by atoms with Gasteiger partial charge in [-0.3, -0.25) is 5.43 Å². The van der Waals surface area contributed by atoms with Crippen LogP contribution in [0.2, 0.25) is 0 Å². The van der Waals surface area contributed by atoms with Crippen molar-refractivity contribution in [2.45, 2.75) is 12.5 Å². The number of aromatic nitrogens is 2. The van der Waals surface area contributed by atoms with E-state index in [1.807, 2.05) is 30.3 Å². The van der Waals surface area contributed by atoms with Crippen LogP contribution in [0.1, 0.15) is 12.5 Å². The molecule has 0 amide bonds. The first-order valence-electron chi connectivity index (χ1n) is 6.58. The lowest BCUT2D eigenvalue weighted by Gasteiger charge is -2.28. The van der Waals surface area contributed by atoms with Crippen LogP contribution in [0.25, 0.3) is 0 Å². The average molecular weight is 322 g/mol. The van der Waals surface area contributed by atoms with E-state index in [1.54, 1.807) is 13.0 Å². The van der Waals surface area contributed by atoms with E-state index < -0.39 is 15.6 Å². The van der Waals surface area contributed by atoms with E-state index in [4.69, 9.17) is 4.74 Å². The highest BCUT2D eigenvalue weighted by atomic mass is 32.2. The fourth-order valence-corrected chi connectivity index (χ4v) is 3.27. The van der Waals surface area contributed by atoms with Gasteiger partial charge in [0.25, 0.3) is 0 Å². The molecule has 0 radical (unpaired) electrons. The molecule has 8 heteroatoms. The second-order valence-corrected chi connectivity index (χ2v) is 6.58. The smallest absolute Gasteiger partial charge is 0.238 e. The van der Waals surface area contributed by atoms with Crippen LogP contribution in [0.15, 0.2) is 48.8 Å². The number of sulfonamides is 1. The predicted octanol–water partition coefficient (Wildman–Crippen LogP) is 1.28. The minimum Gasteiger partial charge on any atom is -0.373 e. The molecule has 0 saturated heterocycles. The van der Waals surface area contributed by atoms with Crippen molar-refractivity contribution in [2.24, 2.45) is 0 Å². The van der Waals surface area contributed by atoms with Crippen LogP contribution in [0, 0.1) is 0 Å². The van der Waals surface area contributed by atoms with Gasteiger partial charge in [-0.05, 0) is 18.6 Å². The minimum atomic E-state index is -3.66. The number of ether oxygens (including phenoxy) is 1. The standard InChI is InChI=1S/C14H18N4O3S/c1-14(21-2,12-7-4-3-5-8-12)11-22(19,20)18-17-13-15-9-6-10-16-13/h3-10,18H,11H2,1-2H3,(H,15,16,17). The van der Waals surface area contributed by atoms with Gasteiger partial charge >= 0.3 is 0 Å². The average Bonchev–Trinajstić information content (AvgIpc) is 2.54. The third-order valence-corrected chi connectivity index (χ3v) is 4.53. The van der Waals surface area contributed by atoms with Crippen molar-refractivity contribution in [1.82, 2.24) is 14.8 Å². The second kappa shape index (κ2) is 6.82. The first-order chi connectivity index (χ1) is 10.5. The van der Waals surface area contributed by atoms with Crippen molar-refractivity contribution in [3.05, 3.63) is 54.4 Å². The molecule has 1 aromatic carbocycles. The number of nitrogens with zero attached hydrogens (tertiary/aromatic N) is 2. The first kappa shape index (κ1) is 16.3. The minimum absolute atomic E-state index is 0.171. The third-order valence-electron chi connectivity index (χ3n) is 3.18. The van der Waals surface area contributed by atoms with Crippen LogP contribution < -0.4 is 10.3 Å². The van der Waals surface area contributed by atoms with Gasteiger partial charge in [-0.25, -0.2) is 18.4 Å². The predicted molar refractivity (Wildman–Crippen MR) is 83.4 cm³/mol. The van der Waals surface area contributed by atoms with Crippen LogP contribution in [0.4, 0.5) is 5.95 Å². The maximum atomic E-state index is 12.2. The zero-order valence-corrected chi connectivity index (χ0v) is 13.2. The van der Waals surface area contributed by atoms with Gasteiger partial charge in [0, 0.05) is 19.5 Å². The molecule has 0 fully saturated rings. The monoisotopic (exact) mass is 322 g/mol. The zero-order valence-electron chi connectivity index (χ0n) is 12.4. The van der Waals surface area contributed by atoms with Gasteiger partial charge < -0.3 is 4.74 Å². The Morgan fingerprint density at radius 3 is 2.36 bits per heavy atom. The first-order valence-corrected chi connectivity index (χ1v) is 8.24. The molecule has 0 bridgehead atoms. The second-order valence-electron chi connectivity index (χ2n) is 4.86. The maximum Gasteiger partial charge on any atom is 0.238 e. The van der Waals surface area contributed by atoms with E-state index in [0.717, 1.165) is 5.56 Å². The lowest BCUT2D eigenvalue weighted by Crippen LogP contribution is -2.41. The van der Waals surface area contributed by atoms with E-state index in [9.17, 15) is 8.42 Å². The topological polar surface area (TPSA) is 93.2 Å².